The lowest BCUT2D eigenvalue weighted by atomic mass is 9.75. The number of methoxy groups -OCH3 is 2. The van der Waals surface area contributed by atoms with Crippen LogP contribution in [0.4, 0.5) is 4.39 Å². The molecule has 2 unspecified atom stereocenters. The average molecular weight is 479 g/mol. The van der Waals surface area contributed by atoms with Crippen LogP contribution in [0.3, 0.4) is 0 Å². The highest BCUT2D eigenvalue weighted by molar-refractivity contribution is 7.13. The summed E-state index contributed by atoms with van der Waals surface area (Å²) in [5, 5.41) is 2.67. The Morgan fingerprint density at radius 1 is 1.00 bits per heavy atom. The van der Waals surface area contributed by atoms with Crippen LogP contribution >= 0.6 is 11.3 Å². The zero-order valence-electron chi connectivity index (χ0n) is 19.2. The molecule has 8 heteroatoms. The van der Waals surface area contributed by atoms with Crippen LogP contribution in [0.2, 0.25) is 0 Å². The van der Waals surface area contributed by atoms with Gasteiger partial charge in [-0.15, -0.1) is 11.3 Å². The Kier molecular flexibility index (Phi) is 6.70. The van der Waals surface area contributed by atoms with E-state index in [1.807, 2.05) is 29.6 Å². The second-order valence-electron chi connectivity index (χ2n) is 7.89. The first-order chi connectivity index (χ1) is 16.3. The number of halogens is 1. The topological polar surface area (TPSA) is 77.8 Å². The molecular formula is C26H23FN2O4S. The third-order valence-electron chi connectivity index (χ3n) is 5.83. The Labute approximate surface area is 200 Å². The Bertz CT molecular complexity index is 1310. The molecule has 2 atom stereocenters. The molecule has 4 rings (SSSR count). The number of benzene rings is 2. The second kappa shape index (κ2) is 9.69. The second-order valence-corrected chi connectivity index (χ2v) is 8.75. The van der Waals surface area contributed by atoms with Crippen LogP contribution in [0.15, 0.2) is 70.2 Å². The van der Waals surface area contributed by atoms with Crippen molar-refractivity contribution in [1.82, 2.24) is 4.98 Å². The van der Waals surface area contributed by atoms with Crippen LogP contribution in [-0.2, 0) is 19.1 Å². The molecule has 0 amide bonds. The molecule has 0 saturated carbocycles. The summed E-state index contributed by atoms with van der Waals surface area (Å²) in [7, 11) is 2.62. The van der Waals surface area contributed by atoms with Gasteiger partial charge in [0.15, 0.2) is 0 Å². The smallest absolute Gasteiger partial charge is 0.336 e. The average Bonchev–Trinajstić information content (AvgIpc) is 3.33. The number of hydrogen-bond donors (Lipinski definition) is 0. The summed E-state index contributed by atoms with van der Waals surface area (Å²) >= 11 is 1.46. The Balaban J connectivity index is 1.78. The molecule has 1 aliphatic heterocycles. The maximum atomic E-state index is 13.3. The molecule has 0 bridgehead atoms. The fraction of sp³-hybridized carbons (Fsp3) is 0.231. The molecule has 34 heavy (non-hydrogen) atoms. The first kappa shape index (κ1) is 23.5. The van der Waals surface area contributed by atoms with E-state index < -0.39 is 23.8 Å². The van der Waals surface area contributed by atoms with Crippen LogP contribution in [0.5, 0.6) is 0 Å². The zero-order valence-corrected chi connectivity index (χ0v) is 20.0. The number of nitrogens with zero attached hydrogens (tertiary/aromatic N) is 2. The minimum absolute atomic E-state index is 0.303. The Morgan fingerprint density at radius 3 is 2.41 bits per heavy atom. The van der Waals surface area contributed by atoms with Crippen molar-refractivity contribution < 1.29 is 23.5 Å². The SMILES string of the molecule is COC(=O)C1=C(C)N=C(C)C(C(=O)OC)C1c1cccc(-c2nc(-c3ccc(F)cc3)cs2)c1. The summed E-state index contributed by atoms with van der Waals surface area (Å²) in [6, 6.07) is 13.7. The van der Waals surface area contributed by atoms with Crippen LogP contribution < -0.4 is 0 Å². The highest BCUT2D eigenvalue weighted by atomic mass is 32.1. The van der Waals surface area contributed by atoms with Crippen molar-refractivity contribution in [3.63, 3.8) is 0 Å². The molecule has 1 aliphatic rings. The predicted octanol–water partition coefficient (Wildman–Crippen LogP) is 5.41. The lowest BCUT2D eigenvalue weighted by Gasteiger charge is -2.31. The number of aromatic nitrogens is 1. The summed E-state index contributed by atoms with van der Waals surface area (Å²) in [4.78, 5) is 34.6. The van der Waals surface area contributed by atoms with Crippen molar-refractivity contribution >= 4 is 29.0 Å². The van der Waals surface area contributed by atoms with Crippen molar-refractivity contribution in [2.24, 2.45) is 10.9 Å². The van der Waals surface area contributed by atoms with E-state index in [1.54, 1.807) is 26.0 Å². The number of ether oxygens (including phenoxy) is 2. The van der Waals surface area contributed by atoms with E-state index >= 15 is 0 Å². The van der Waals surface area contributed by atoms with Gasteiger partial charge in [-0.05, 0) is 49.7 Å². The zero-order chi connectivity index (χ0) is 24.4. The molecule has 174 valence electrons. The molecule has 2 heterocycles. The summed E-state index contributed by atoms with van der Waals surface area (Å²) in [5.74, 6) is -2.69. The molecule has 0 N–H and O–H groups in total. The van der Waals surface area contributed by atoms with Gasteiger partial charge in [-0.25, -0.2) is 14.2 Å². The van der Waals surface area contributed by atoms with E-state index in [2.05, 4.69) is 4.99 Å². The highest BCUT2D eigenvalue weighted by Crippen LogP contribution is 2.41. The largest absolute Gasteiger partial charge is 0.468 e. The molecule has 0 radical (unpaired) electrons. The molecule has 1 aromatic heterocycles. The van der Waals surface area contributed by atoms with E-state index in [-0.39, 0.29) is 5.82 Å². The van der Waals surface area contributed by atoms with Gasteiger partial charge < -0.3 is 9.47 Å². The van der Waals surface area contributed by atoms with Crippen molar-refractivity contribution in [3.8, 4) is 21.8 Å². The minimum atomic E-state index is -0.760. The van der Waals surface area contributed by atoms with Gasteiger partial charge in [0.25, 0.3) is 0 Å². The van der Waals surface area contributed by atoms with E-state index in [0.29, 0.717) is 17.0 Å². The summed E-state index contributed by atoms with van der Waals surface area (Å²) in [6.07, 6.45) is 0. The number of rotatable bonds is 5. The third-order valence-corrected chi connectivity index (χ3v) is 6.72. The van der Waals surface area contributed by atoms with Crippen molar-refractivity contribution in [2.75, 3.05) is 14.2 Å². The van der Waals surface area contributed by atoms with E-state index in [1.165, 1.54) is 37.7 Å². The van der Waals surface area contributed by atoms with Crippen molar-refractivity contribution in [2.45, 2.75) is 19.8 Å². The van der Waals surface area contributed by atoms with E-state index in [4.69, 9.17) is 14.5 Å². The monoisotopic (exact) mass is 478 g/mol. The van der Waals surface area contributed by atoms with Crippen LogP contribution in [-0.4, -0.2) is 36.9 Å². The maximum Gasteiger partial charge on any atom is 0.336 e. The van der Waals surface area contributed by atoms with Gasteiger partial charge >= 0.3 is 11.9 Å². The van der Waals surface area contributed by atoms with Gasteiger partial charge in [0, 0.05) is 33.8 Å². The number of hydrogen-bond acceptors (Lipinski definition) is 7. The van der Waals surface area contributed by atoms with Crippen molar-refractivity contribution in [3.05, 3.63) is 76.6 Å². The van der Waals surface area contributed by atoms with E-state index in [9.17, 15) is 14.0 Å². The maximum absolute atomic E-state index is 13.3. The molecule has 0 aliphatic carbocycles. The molecule has 0 spiro atoms. The van der Waals surface area contributed by atoms with Crippen LogP contribution in [0.25, 0.3) is 21.8 Å². The Hall–Kier alpha value is -3.65. The van der Waals surface area contributed by atoms with Gasteiger partial charge in [-0.3, -0.25) is 9.79 Å². The van der Waals surface area contributed by atoms with Gasteiger partial charge in [-0.2, -0.15) is 0 Å². The fourth-order valence-electron chi connectivity index (χ4n) is 4.23. The van der Waals surface area contributed by atoms with Gasteiger partial charge in [-0.1, -0.05) is 18.2 Å². The van der Waals surface area contributed by atoms with Crippen molar-refractivity contribution in [1.29, 1.82) is 0 Å². The number of carbonyl (C=O) groups is 2. The highest BCUT2D eigenvalue weighted by Gasteiger charge is 2.42. The molecule has 6 nitrogen and oxygen atoms in total. The first-order valence-corrected chi connectivity index (χ1v) is 11.5. The standard InChI is InChI=1S/C26H23FN2O4S/c1-14-21(25(30)32-3)23(22(15(2)28-14)26(31)33-4)17-6-5-7-18(12-17)24-29-20(13-34-24)16-8-10-19(27)11-9-16/h5-13,21,23H,1-4H3. The number of thiazole rings is 1. The number of carbonyl (C=O) groups excluding carboxylic acids is 2. The molecule has 0 saturated heterocycles. The summed E-state index contributed by atoms with van der Waals surface area (Å²) < 4.78 is 23.4. The minimum Gasteiger partial charge on any atom is -0.468 e. The summed E-state index contributed by atoms with van der Waals surface area (Å²) in [6.45, 7) is 3.49. The quantitative estimate of drug-likeness (QED) is 0.458. The lowest BCUT2D eigenvalue weighted by molar-refractivity contribution is -0.143. The van der Waals surface area contributed by atoms with Crippen LogP contribution in [0, 0.1) is 11.7 Å². The molecule has 3 aromatic rings. The normalized spacial score (nSPS) is 17.9. The number of esters is 2. The first-order valence-electron chi connectivity index (χ1n) is 10.6. The van der Waals surface area contributed by atoms with Crippen LogP contribution in [0.1, 0.15) is 25.3 Å². The predicted molar refractivity (Wildman–Crippen MR) is 129 cm³/mol. The third kappa shape index (κ3) is 4.41. The van der Waals surface area contributed by atoms with Gasteiger partial charge in [0.2, 0.25) is 0 Å². The molecular weight excluding hydrogens is 455 g/mol. The Morgan fingerprint density at radius 2 is 1.74 bits per heavy atom. The number of aliphatic imine (C=N–C) groups is 1. The number of allylic oxidation sites excluding steroid dienone is 1. The fourth-order valence-corrected chi connectivity index (χ4v) is 5.06. The summed E-state index contributed by atoms with van der Waals surface area (Å²) in [5.41, 5.74) is 4.54. The van der Waals surface area contributed by atoms with Gasteiger partial charge in [0.05, 0.1) is 25.5 Å². The lowest BCUT2D eigenvalue weighted by Crippen LogP contribution is -2.36. The molecule has 2 aromatic carbocycles. The van der Waals surface area contributed by atoms with E-state index in [0.717, 1.165) is 27.4 Å². The molecule has 0 fully saturated rings. The van der Waals surface area contributed by atoms with Gasteiger partial charge in [0.1, 0.15) is 16.7 Å².